The Hall–Kier alpha value is -2.70. The summed E-state index contributed by atoms with van der Waals surface area (Å²) in [7, 11) is 0. The molecular formula is C59H105NO5. The van der Waals surface area contributed by atoms with Crippen LogP contribution in [0, 0.1) is 0 Å². The Balaban J connectivity index is 4.61. The smallest absolute Gasteiger partial charge is 0.306 e. The molecule has 0 aromatic carbocycles. The molecule has 0 heterocycles. The number of hydrogen-bond donors (Lipinski definition) is 3. The number of ether oxygens (including phenoxy) is 1. The average Bonchev–Trinajstić information content (AvgIpc) is 3.30. The molecule has 65 heavy (non-hydrogen) atoms. The zero-order valence-electron chi connectivity index (χ0n) is 42.9. The van der Waals surface area contributed by atoms with Gasteiger partial charge in [-0.2, -0.15) is 0 Å². The lowest BCUT2D eigenvalue weighted by Crippen LogP contribution is -2.46. The maximum absolute atomic E-state index is 13.2. The molecule has 0 spiro atoms. The van der Waals surface area contributed by atoms with Gasteiger partial charge in [-0.3, -0.25) is 9.59 Å². The van der Waals surface area contributed by atoms with Crippen LogP contribution in [0.1, 0.15) is 265 Å². The van der Waals surface area contributed by atoms with Crippen LogP contribution in [0.3, 0.4) is 0 Å². The fourth-order valence-corrected chi connectivity index (χ4v) is 8.10. The highest BCUT2D eigenvalue weighted by Crippen LogP contribution is 2.18. The number of allylic oxidation sites excluding steroid dienone is 12. The minimum atomic E-state index is -0.799. The van der Waals surface area contributed by atoms with Crippen molar-refractivity contribution in [2.75, 3.05) is 6.61 Å². The van der Waals surface area contributed by atoms with Crippen LogP contribution in [-0.2, 0) is 14.3 Å². The van der Waals surface area contributed by atoms with Gasteiger partial charge in [0, 0.05) is 6.42 Å². The number of hydrogen-bond acceptors (Lipinski definition) is 5. The van der Waals surface area contributed by atoms with Crippen LogP contribution in [0.2, 0.25) is 0 Å². The van der Waals surface area contributed by atoms with E-state index in [9.17, 15) is 19.8 Å². The first kappa shape index (κ1) is 62.3. The Bertz CT molecular complexity index is 1200. The van der Waals surface area contributed by atoms with Crippen molar-refractivity contribution in [2.45, 2.75) is 283 Å². The zero-order valence-corrected chi connectivity index (χ0v) is 42.9. The number of carbonyl (C=O) groups excluding carboxylic acids is 2. The third-order valence-electron chi connectivity index (χ3n) is 12.3. The van der Waals surface area contributed by atoms with Gasteiger partial charge in [-0.25, -0.2) is 0 Å². The standard InChI is InChI=1S/C59H105NO5/c1-4-7-10-13-16-19-22-25-27-28-29-30-31-34-37-40-43-46-49-52-59(64)65-55(50-47-44-41-38-35-33-26-23-20-17-14-11-8-5-2)53-58(63)60-56(54-61)57(62)51-48-45-42-39-36-32-24-21-18-15-12-9-6-3/h8,11,16-17,19-20,25-27,29-30,33,55-57,61-62H,4-7,9-10,12-15,18,21-24,28,31-32,34-54H2,1-3H3,(H,60,63)/b11-8+,19-16-,20-17+,27-25-,30-29-,33-26+. The summed E-state index contributed by atoms with van der Waals surface area (Å²) in [5, 5.41) is 23.8. The van der Waals surface area contributed by atoms with E-state index in [-0.39, 0.29) is 24.9 Å². The molecule has 3 atom stereocenters. The van der Waals surface area contributed by atoms with Crippen molar-refractivity contribution < 1.29 is 24.5 Å². The van der Waals surface area contributed by atoms with Gasteiger partial charge in [0.25, 0.3) is 0 Å². The summed E-state index contributed by atoms with van der Waals surface area (Å²) in [6.07, 6.45) is 66.7. The molecule has 0 aromatic rings. The van der Waals surface area contributed by atoms with Gasteiger partial charge < -0.3 is 20.3 Å². The summed E-state index contributed by atoms with van der Waals surface area (Å²) in [5.41, 5.74) is 0. The van der Waals surface area contributed by atoms with Crippen molar-refractivity contribution in [3.63, 3.8) is 0 Å². The molecule has 0 aliphatic heterocycles. The van der Waals surface area contributed by atoms with Crippen molar-refractivity contribution >= 4 is 11.9 Å². The fraction of sp³-hybridized carbons (Fsp3) is 0.763. The highest BCUT2D eigenvalue weighted by molar-refractivity contribution is 5.77. The highest BCUT2D eigenvalue weighted by atomic mass is 16.5. The topological polar surface area (TPSA) is 95.9 Å². The first-order valence-corrected chi connectivity index (χ1v) is 27.7. The number of rotatable bonds is 49. The molecule has 6 heteroatoms. The minimum Gasteiger partial charge on any atom is -0.462 e. The Morgan fingerprint density at radius 1 is 0.462 bits per heavy atom. The maximum atomic E-state index is 13.2. The lowest BCUT2D eigenvalue weighted by atomic mass is 10.0. The van der Waals surface area contributed by atoms with Crippen LogP contribution >= 0.6 is 0 Å². The maximum Gasteiger partial charge on any atom is 0.306 e. The molecule has 0 aliphatic carbocycles. The molecule has 0 saturated carbocycles. The number of aliphatic hydroxyl groups excluding tert-OH is 2. The molecular weight excluding hydrogens is 803 g/mol. The Morgan fingerprint density at radius 3 is 1.29 bits per heavy atom. The van der Waals surface area contributed by atoms with Gasteiger partial charge in [0.15, 0.2) is 0 Å². The average molecular weight is 908 g/mol. The van der Waals surface area contributed by atoms with Crippen LogP contribution < -0.4 is 5.32 Å². The van der Waals surface area contributed by atoms with E-state index < -0.39 is 18.2 Å². The lowest BCUT2D eigenvalue weighted by molar-refractivity contribution is -0.151. The van der Waals surface area contributed by atoms with E-state index in [0.717, 1.165) is 109 Å². The molecule has 6 nitrogen and oxygen atoms in total. The van der Waals surface area contributed by atoms with Crippen LogP contribution in [0.25, 0.3) is 0 Å². The Kier molecular flexibility index (Phi) is 50.1. The van der Waals surface area contributed by atoms with Crippen LogP contribution in [0.15, 0.2) is 72.9 Å². The van der Waals surface area contributed by atoms with Crippen LogP contribution in [-0.4, -0.2) is 46.9 Å². The zero-order chi connectivity index (χ0) is 47.4. The highest BCUT2D eigenvalue weighted by Gasteiger charge is 2.24. The molecule has 0 bridgehead atoms. The molecule has 0 rings (SSSR count). The van der Waals surface area contributed by atoms with E-state index in [1.165, 1.54) is 109 Å². The predicted molar refractivity (Wildman–Crippen MR) is 282 cm³/mol. The van der Waals surface area contributed by atoms with Crippen molar-refractivity contribution in [3.8, 4) is 0 Å². The largest absolute Gasteiger partial charge is 0.462 e. The SMILES string of the molecule is CC/C=C/C/C=C/C/C=C/CCCCCCC(CC(=O)NC(CO)C(O)CCCCCCCCCCCCCCC)OC(=O)CCCCCCCC/C=C\C/C=C\C/C=C\CCCCC. The quantitative estimate of drug-likeness (QED) is 0.0321. The molecule has 0 radical (unpaired) electrons. The van der Waals surface area contributed by atoms with Gasteiger partial charge in [-0.05, 0) is 96.3 Å². The molecule has 0 saturated heterocycles. The van der Waals surface area contributed by atoms with E-state index in [1.54, 1.807) is 0 Å². The first-order valence-electron chi connectivity index (χ1n) is 27.7. The van der Waals surface area contributed by atoms with E-state index in [1.807, 2.05) is 0 Å². The number of amides is 1. The second-order valence-electron chi connectivity index (χ2n) is 18.6. The second-order valence-corrected chi connectivity index (χ2v) is 18.6. The van der Waals surface area contributed by atoms with Gasteiger partial charge in [0.1, 0.15) is 6.10 Å². The van der Waals surface area contributed by atoms with E-state index in [0.29, 0.717) is 19.3 Å². The van der Waals surface area contributed by atoms with Crippen molar-refractivity contribution in [2.24, 2.45) is 0 Å². The normalized spacial score (nSPS) is 13.7. The molecule has 3 N–H and O–H groups in total. The monoisotopic (exact) mass is 908 g/mol. The van der Waals surface area contributed by atoms with Crippen molar-refractivity contribution in [1.29, 1.82) is 0 Å². The third-order valence-corrected chi connectivity index (χ3v) is 12.3. The first-order chi connectivity index (χ1) is 32.0. The fourth-order valence-electron chi connectivity index (χ4n) is 8.10. The number of aliphatic hydroxyl groups is 2. The van der Waals surface area contributed by atoms with Gasteiger partial charge in [-0.15, -0.1) is 0 Å². The van der Waals surface area contributed by atoms with Crippen molar-refractivity contribution in [1.82, 2.24) is 5.32 Å². The predicted octanol–water partition coefficient (Wildman–Crippen LogP) is 17.0. The number of nitrogens with one attached hydrogen (secondary N) is 1. The number of esters is 1. The van der Waals surface area contributed by atoms with E-state index in [2.05, 4.69) is 99.0 Å². The molecule has 3 unspecified atom stereocenters. The summed E-state index contributed by atoms with van der Waals surface area (Å²) in [4.78, 5) is 26.2. The molecule has 0 fully saturated rings. The van der Waals surface area contributed by atoms with Crippen LogP contribution in [0.5, 0.6) is 0 Å². The Morgan fingerprint density at radius 2 is 0.831 bits per heavy atom. The van der Waals surface area contributed by atoms with Crippen LogP contribution in [0.4, 0.5) is 0 Å². The molecule has 376 valence electrons. The van der Waals surface area contributed by atoms with Gasteiger partial charge in [-0.1, -0.05) is 229 Å². The summed E-state index contributed by atoms with van der Waals surface area (Å²) < 4.78 is 5.94. The minimum absolute atomic E-state index is 0.0550. The number of unbranched alkanes of at least 4 members (excludes halogenated alkanes) is 25. The summed E-state index contributed by atoms with van der Waals surface area (Å²) >= 11 is 0. The van der Waals surface area contributed by atoms with Crippen molar-refractivity contribution in [3.05, 3.63) is 72.9 Å². The second kappa shape index (κ2) is 52.3. The van der Waals surface area contributed by atoms with Gasteiger partial charge in [0.05, 0.1) is 25.2 Å². The molecule has 0 aliphatic rings. The van der Waals surface area contributed by atoms with Gasteiger partial charge in [0.2, 0.25) is 5.91 Å². The summed E-state index contributed by atoms with van der Waals surface area (Å²) in [6.45, 7) is 6.34. The molecule has 0 aromatic heterocycles. The van der Waals surface area contributed by atoms with E-state index in [4.69, 9.17) is 4.74 Å². The Labute approximate surface area is 402 Å². The lowest BCUT2D eigenvalue weighted by Gasteiger charge is -2.24. The van der Waals surface area contributed by atoms with E-state index >= 15 is 0 Å². The summed E-state index contributed by atoms with van der Waals surface area (Å²) in [6, 6.07) is -0.715. The summed E-state index contributed by atoms with van der Waals surface area (Å²) in [5.74, 6) is -0.509. The number of carbonyl (C=O) groups is 2. The van der Waals surface area contributed by atoms with Gasteiger partial charge >= 0.3 is 5.97 Å². The third kappa shape index (κ3) is 47.6. The molecule has 1 amide bonds.